The van der Waals surface area contributed by atoms with E-state index in [2.05, 4.69) is 11.8 Å². The van der Waals surface area contributed by atoms with Gasteiger partial charge >= 0.3 is 0 Å². The third kappa shape index (κ3) is 1.38. The van der Waals surface area contributed by atoms with Gasteiger partial charge in [0.15, 0.2) is 0 Å². The van der Waals surface area contributed by atoms with Gasteiger partial charge in [-0.3, -0.25) is 4.90 Å². The number of rotatable bonds is 2. The molecule has 12 heavy (non-hydrogen) atoms. The first-order chi connectivity index (χ1) is 5.81. The molecular formula is C10H19NO. The van der Waals surface area contributed by atoms with Gasteiger partial charge in [0.25, 0.3) is 0 Å². The van der Waals surface area contributed by atoms with Crippen LogP contribution in [0.1, 0.15) is 26.2 Å². The lowest BCUT2D eigenvalue weighted by Crippen LogP contribution is -2.52. The summed E-state index contributed by atoms with van der Waals surface area (Å²) in [5.74, 6) is 1.47. The topological polar surface area (TPSA) is 23.5 Å². The van der Waals surface area contributed by atoms with Crippen molar-refractivity contribution in [1.82, 2.24) is 4.90 Å². The van der Waals surface area contributed by atoms with Crippen LogP contribution in [0.25, 0.3) is 0 Å². The zero-order valence-electron chi connectivity index (χ0n) is 7.87. The number of hydrogen-bond acceptors (Lipinski definition) is 2. The molecular weight excluding hydrogens is 150 g/mol. The first-order valence-corrected chi connectivity index (χ1v) is 5.16. The number of nitrogens with zero attached hydrogens (tertiary/aromatic N) is 1. The van der Waals surface area contributed by atoms with Crippen molar-refractivity contribution in [1.29, 1.82) is 0 Å². The highest BCUT2D eigenvalue weighted by Gasteiger charge is 2.36. The maximum absolute atomic E-state index is 9.14. The summed E-state index contributed by atoms with van der Waals surface area (Å²) in [7, 11) is 0. The Kier molecular flexibility index (Phi) is 2.37. The Morgan fingerprint density at radius 2 is 2.08 bits per heavy atom. The minimum Gasteiger partial charge on any atom is -0.396 e. The first kappa shape index (κ1) is 8.52. The molecule has 0 spiro atoms. The summed E-state index contributed by atoms with van der Waals surface area (Å²) in [4.78, 5) is 2.55. The van der Waals surface area contributed by atoms with Crippen LogP contribution < -0.4 is 0 Å². The maximum atomic E-state index is 9.14. The molecule has 1 aliphatic carbocycles. The van der Waals surface area contributed by atoms with Gasteiger partial charge in [0.1, 0.15) is 0 Å². The second-order valence-electron chi connectivity index (χ2n) is 4.50. The Morgan fingerprint density at radius 1 is 1.33 bits per heavy atom. The van der Waals surface area contributed by atoms with Crippen LogP contribution in [-0.2, 0) is 0 Å². The van der Waals surface area contributed by atoms with Crippen LogP contribution in [0, 0.1) is 11.8 Å². The molecule has 1 heterocycles. The van der Waals surface area contributed by atoms with Crippen molar-refractivity contribution in [2.45, 2.75) is 32.2 Å². The smallest absolute Gasteiger partial charge is 0.0474 e. The summed E-state index contributed by atoms with van der Waals surface area (Å²) in [5, 5.41) is 9.14. The van der Waals surface area contributed by atoms with E-state index in [1.54, 1.807) is 0 Å². The Balaban J connectivity index is 1.86. The van der Waals surface area contributed by atoms with Crippen LogP contribution in [0.3, 0.4) is 0 Å². The van der Waals surface area contributed by atoms with Crippen LogP contribution in [0.15, 0.2) is 0 Å². The summed E-state index contributed by atoms with van der Waals surface area (Å²) in [6.45, 7) is 5.23. The molecule has 2 nitrogen and oxygen atoms in total. The highest BCUT2D eigenvalue weighted by molar-refractivity contribution is 4.90. The van der Waals surface area contributed by atoms with Crippen LogP contribution in [0.2, 0.25) is 0 Å². The summed E-state index contributed by atoms with van der Waals surface area (Å²) in [6, 6.07) is 0.714. The van der Waals surface area contributed by atoms with Crippen LogP contribution in [0.5, 0.6) is 0 Å². The standard InChI is InChI=1S/C10H19NO/c1-8-5-11(6-8)10-4-2-3-9(10)7-12/h8-10,12H,2-7H2,1H3. The highest BCUT2D eigenvalue weighted by atomic mass is 16.3. The molecule has 1 saturated heterocycles. The molecule has 1 aliphatic heterocycles. The quantitative estimate of drug-likeness (QED) is 0.669. The molecule has 0 aromatic carbocycles. The first-order valence-electron chi connectivity index (χ1n) is 5.16. The molecule has 1 saturated carbocycles. The zero-order chi connectivity index (χ0) is 8.55. The lowest BCUT2D eigenvalue weighted by molar-refractivity contribution is 0.0294. The number of hydrogen-bond donors (Lipinski definition) is 1. The molecule has 2 aliphatic rings. The summed E-state index contributed by atoms with van der Waals surface area (Å²) < 4.78 is 0. The van der Waals surface area contributed by atoms with Crippen molar-refractivity contribution in [2.24, 2.45) is 11.8 Å². The van der Waals surface area contributed by atoms with Gasteiger partial charge in [0.2, 0.25) is 0 Å². The molecule has 1 N–H and O–H groups in total. The van der Waals surface area contributed by atoms with Crippen molar-refractivity contribution in [2.75, 3.05) is 19.7 Å². The fourth-order valence-electron chi connectivity index (χ4n) is 2.73. The molecule has 0 bridgehead atoms. The minimum atomic E-state index is 0.398. The van der Waals surface area contributed by atoms with Crippen LogP contribution in [-0.4, -0.2) is 35.7 Å². The Labute approximate surface area is 74.6 Å². The van der Waals surface area contributed by atoms with Crippen molar-refractivity contribution >= 4 is 0 Å². The van der Waals surface area contributed by atoms with Gasteiger partial charge in [0, 0.05) is 25.7 Å². The Morgan fingerprint density at radius 3 is 2.67 bits per heavy atom. The third-order valence-electron chi connectivity index (χ3n) is 3.41. The van der Waals surface area contributed by atoms with E-state index < -0.39 is 0 Å². The van der Waals surface area contributed by atoms with E-state index >= 15 is 0 Å². The molecule has 2 unspecified atom stereocenters. The van der Waals surface area contributed by atoms with Gasteiger partial charge < -0.3 is 5.11 Å². The van der Waals surface area contributed by atoms with E-state index in [1.807, 2.05) is 0 Å². The van der Waals surface area contributed by atoms with E-state index in [1.165, 1.54) is 32.4 Å². The van der Waals surface area contributed by atoms with Gasteiger partial charge in [-0.15, -0.1) is 0 Å². The molecule has 0 aromatic heterocycles. The van der Waals surface area contributed by atoms with E-state index in [4.69, 9.17) is 5.11 Å². The van der Waals surface area contributed by atoms with Gasteiger partial charge in [-0.2, -0.15) is 0 Å². The lowest BCUT2D eigenvalue weighted by Gasteiger charge is -2.43. The van der Waals surface area contributed by atoms with Gasteiger partial charge in [-0.25, -0.2) is 0 Å². The molecule has 2 atom stereocenters. The lowest BCUT2D eigenvalue weighted by atomic mass is 9.95. The highest BCUT2D eigenvalue weighted by Crippen LogP contribution is 2.33. The van der Waals surface area contributed by atoms with Crippen molar-refractivity contribution in [3.8, 4) is 0 Å². The Hall–Kier alpha value is -0.0800. The predicted molar refractivity (Wildman–Crippen MR) is 49.0 cm³/mol. The second kappa shape index (κ2) is 3.35. The van der Waals surface area contributed by atoms with Gasteiger partial charge in [0.05, 0.1) is 0 Å². The average molecular weight is 169 g/mol. The maximum Gasteiger partial charge on any atom is 0.0474 e. The molecule has 0 aromatic rings. The molecule has 2 heteroatoms. The van der Waals surface area contributed by atoms with Crippen molar-refractivity contribution in [3.63, 3.8) is 0 Å². The van der Waals surface area contributed by atoms with E-state index in [9.17, 15) is 0 Å². The Bertz CT molecular complexity index is 154. The summed E-state index contributed by atoms with van der Waals surface area (Å²) >= 11 is 0. The van der Waals surface area contributed by atoms with Crippen molar-refractivity contribution < 1.29 is 5.11 Å². The number of likely N-dealkylation sites (tertiary alicyclic amines) is 1. The van der Waals surface area contributed by atoms with Crippen LogP contribution >= 0.6 is 0 Å². The van der Waals surface area contributed by atoms with Gasteiger partial charge in [-0.05, 0) is 24.7 Å². The SMILES string of the molecule is CC1CN(C2CCCC2CO)C1. The number of aliphatic hydroxyl groups excluding tert-OH is 1. The molecule has 2 fully saturated rings. The van der Waals surface area contributed by atoms with E-state index in [-0.39, 0.29) is 0 Å². The normalized spacial score (nSPS) is 38.5. The molecule has 2 rings (SSSR count). The van der Waals surface area contributed by atoms with Crippen LogP contribution in [0.4, 0.5) is 0 Å². The minimum absolute atomic E-state index is 0.398. The molecule has 0 radical (unpaired) electrons. The molecule has 0 amide bonds. The summed E-state index contributed by atoms with van der Waals surface area (Å²) in [6.07, 6.45) is 3.88. The van der Waals surface area contributed by atoms with E-state index in [0.717, 1.165) is 5.92 Å². The third-order valence-corrected chi connectivity index (χ3v) is 3.41. The fraction of sp³-hybridized carbons (Fsp3) is 1.00. The number of aliphatic hydroxyl groups is 1. The van der Waals surface area contributed by atoms with Crippen molar-refractivity contribution in [3.05, 3.63) is 0 Å². The fourth-order valence-corrected chi connectivity index (χ4v) is 2.73. The average Bonchev–Trinajstić information content (AvgIpc) is 2.45. The second-order valence-corrected chi connectivity index (χ2v) is 4.50. The largest absolute Gasteiger partial charge is 0.396 e. The predicted octanol–water partition coefficient (Wildman–Crippen LogP) is 1.10. The monoisotopic (exact) mass is 169 g/mol. The zero-order valence-corrected chi connectivity index (χ0v) is 7.87. The molecule has 70 valence electrons. The summed E-state index contributed by atoms with van der Waals surface area (Å²) in [5.41, 5.74) is 0. The van der Waals surface area contributed by atoms with E-state index in [0.29, 0.717) is 18.6 Å². The van der Waals surface area contributed by atoms with Gasteiger partial charge in [-0.1, -0.05) is 13.3 Å².